The molecule has 1 aromatic heterocycles. The number of nitrogen functional groups attached to an aromatic ring is 1. The third-order valence-electron chi connectivity index (χ3n) is 3.28. The fourth-order valence-corrected chi connectivity index (χ4v) is 2.71. The minimum Gasteiger partial charge on any atom is -0.389 e. The van der Waals surface area contributed by atoms with Gasteiger partial charge in [-0.1, -0.05) is 47.6 Å². The number of hydrogen-bond donors (Lipinski definition) is 1. The normalized spacial score (nSPS) is 13.2. The van der Waals surface area contributed by atoms with E-state index in [2.05, 4.69) is 58.0 Å². The second-order valence-electron chi connectivity index (χ2n) is 6.97. The summed E-state index contributed by atoms with van der Waals surface area (Å²) in [7, 11) is 0. The van der Waals surface area contributed by atoms with E-state index in [-0.39, 0.29) is 10.8 Å². The van der Waals surface area contributed by atoms with Crippen LogP contribution in [-0.4, -0.2) is 4.37 Å². The van der Waals surface area contributed by atoms with Gasteiger partial charge in [-0.25, -0.2) is 0 Å². The van der Waals surface area contributed by atoms with Gasteiger partial charge in [-0.05, 0) is 39.6 Å². The van der Waals surface area contributed by atoms with Crippen LogP contribution in [0.1, 0.15) is 52.7 Å². The molecular weight excluding hydrogens is 240 g/mol. The van der Waals surface area contributed by atoms with Crippen LogP contribution in [0.2, 0.25) is 0 Å². The van der Waals surface area contributed by atoms with Gasteiger partial charge in [-0.2, -0.15) is 4.37 Å². The lowest BCUT2D eigenvalue weighted by Crippen LogP contribution is -2.16. The van der Waals surface area contributed by atoms with Crippen LogP contribution >= 0.6 is 11.5 Å². The summed E-state index contributed by atoms with van der Waals surface area (Å²) in [4.78, 5) is 0. The van der Waals surface area contributed by atoms with Gasteiger partial charge >= 0.3 is 0 Å². The molecule has 0 saturated heterocycles. The third-order valence-corrected chi connectivity index (χ3v) is 3.98. The maximum absolute atomic E-state index is 6.06. The Bertz CT molecular complexity index is 583. The zero-order valence-corrected chi connectivity index (χ0v) is 12.9. The zero-order valence-electron chi connectivity index (χ0n) is 12.1. The number of nitrogens with zero attached hydrogens (tertiary/aromatic N) is 1. The molecule has 2 rings (SSSR count). The van der Waals surface area contributed by atoms with Crippen molar-refractivity contribution in [2.45, 2.75) is 52.4 Å². The first-order chi connectivity index (χ1) is 8.10. The van der Waals surface area contributed by atoms with E-state index in [4.69, 9.17) is 5.73 Å². The van der Waals surface area contributed by atoms with Gasteiger partial charge in [0.25, 0.3) is 0 Å². The second-order valence-corrected chi connectivity index (χ2v) is 7.77. The van der Waals surface area contributed by atoms with E-state index < -0.39 is 0 Å². The Hall–Kier alpha value is -1.09. The highest BCUT2D eigenvalue weighted by Crippen LogP contribution is 2.37. The monoisotopic (exact) mass is 262 g/mol. The highest BCUT2D eigenvalue weighted by atomic mass is 32.1. The largest absolute Gasteiger partial charge is 0.389 e. The molecule has 1 aromatic carbocycles. The molecule has 0 radical (unpaired) electrons. The summed E-state index contributed by atoms with van der Waals surface area (Å²) in [5, 5.41) is 1.93. The highest BCUT2D eigenvalue weighted by Gasteiger charge is 2.24. The molecule has 18 heavy (non-hydrogen) atoms. The number of anilines is 1. The molecule has 0 aliphatic rings. The summed E-state index contributed by atoms with van der Waals surface area (Å²) < 4.78 is 4.52. The Kier molecular flexibility index (Phi) is 2.93. The van der Waals surface area contributed by atoms with E-state index in [1.54, 1.807) is 0 Å². The highest BCUT2D eigenvalue weighted by molar-refractivity contribution is 7.11. The molecule has 2 N–H and O–H groups in total. The van der Waals surface area contributed by atoms with Gasteiger partial charge in [0.05, 0.1) is 5.52 Å². The minimum atomic E-state index is 0.0834. The maximum atomic E-state index is 6.06. The number of benzene rings is 1. The lowest BCUT2D eigenvalue weighted by atomic mass is 9.79. The molecule has 1 heterocycles. The molecule has 0 aliphatic carbocycles. The van der Waals surface area contributed by atoms with Crippen LogP contribution in [0.15, 0.2) is 12.1 Å². The Balaban J connectivity index is 2.83. The summed E-state index contributed by atoms with van der Waals surface area (Å²) >= 11 is 1.40. The van der Waals surface area contributed by atoms with Crippen molar-refractivity contribution in [1.29, 1.82) is 0 Å². The molecule has 0 saturated carbocycles. The van der Waals surface area contributed by atoms with Crippen LogP contribution in [0.3, 0.4) is 0 Å². The van der Waals surface area contributed by atoms with Gasteiger partial charge in [-0.3, -0.25) is 0 Å². The molecule has 0 atom stereocenters. The quantitative estimate of drug-likeness (QED) is 0.760. The molecule has 0 bridgehead atoms. The zero-order chi connectivity index (χ0) is 13.7. The summed E-state index contributed by atoms with van der Waals surface area (Å²) in [6.07, 6.45) is 0. The van der Waals surface area contributed by atoms with Crippen molar-refractivity contribution in [3.8, 4) is 0 Å². The van der Waals surface area contributed by atoms with Crippen LogP contribution in [0.25, 0.3) is 10.9 Å². The Morgan fingerprint density at radius 2 is 1.61 bits per heavy atom. The molecule has 0 unspecified atom stereocenters. The van der Waals surface area contributed by atoms with Gasteiger partial charge < -0.3 is 5.73 Å². The van der Waals surface area contributed by atoms with Gasteiger partial charge in [0.2, 0.25) is 0 Å². The summed E-state index contributed by atoms with van der Waals surface area (Å²) in [5.74, 6) is 0. The standard InChI is InChI=1S/C15H22N2S/c1-14(2,3)9-7-10-12(17-18-13(10)16)11(8-9)15(4,5)6/h7-8H,16H2,1-6H3. The smallest absolute Gasteiger partial charge is 0.114 e. The fraction of sp³-hybridized carbons (Fsp3) is 0.533. The van der Waals surface area contributed by atoms with Crippen molar-refractivity contribution in [3.63, 3.8) is 0 Å². The van der Waals surface area contributed by atoms with E-state index in [9.17, 15) is 0 Å². The van der Waals surface area contributed by atoms with Gasteiger partial charge in [0, 0.05) is 5.39 Å². The molecule has 98 valence electrons. The molecule has 2 aromatic rings. The first-order valence-corrected chi connectivity index (χ1v) is 7.08. The molecule has 0 amide bonds. The average molecular weight is 262 g/mol. The van der Waals surface area contributed by atoms with E-state index in [0.29, 0.717) is 0 Å². The maximum Gasteiger partial charge on any atom is 0.114 e. The van der Waals surface area contributed by atoms with Crippen LogP contribution in [0.4, 0.5) is 5.00 Å². The number of hydrogen-bond acceptors (Lipinski definition) is 3. The van der Waals surface area contributed by atoms with Crippen LogP contribution < -0.4 is 5.73 Å². The number of fused-ring (bicyclic) bond motifs is 1. The molecular formula is C15H22N2S. The van der Waals surface area contributed by atoms with Crippen molar-refractivity contribution in [3.05, 3.63) is 23.3 Å². The minimum absolute atomic E-state index is 0.0834. The summed E-state index contributed by atoms with van der Waals surface area (Å²) in [6.45, 7) is 13.4. The van der Waals surface area contributed by atoms with Crippen molar-refractivity contribution in [1.82, 2.24) is 4.37 Å². The van der Waals surface area contributed by atoms with Crippen molar-refractivity contribution < 1.29 is 0 Å². The van der Waals surface area contributed by atoms with E-state index in [0.717, 1.165) is 15.9 Å². The molecule has 0 spiro atoms. The number of aromatic nitrogens is 1. The Morgan fingerprint density at radius 3 is 2.11 bits per heavy atom. The number of nitrogens with two attached hydrogens (primary N) is 1. The topological polar surface area (TPSA) is 38.9 Å². The third kappa shape index (κ3) is 2.24. The van der Waals surface area contributed by atoms with Crippen LogP contribution in [-0.2, 0) is 10.8 Å². The van der Waals surface area contributed by atoms with E-state index >= 15 is 0 Å². The fourth-order valence-electron chi connectivity index (χ4n) is 2.07. The Morgan fingerprint density at radius 1 is 1.00 bits per heavy atom. The first-order valence-electron chi connectivity index (χ1n) is 6.30. The van der Waals surface area contributed by atoms with Crippen LogP contribution in [0, 0.1) is 0 Å². The van der Waals surface area contributed by atoms with Crippen molar-refractivity contribution in [2.75, 3.05) is 5.73 Å². The first kappa shape index (κ1) is 13.3. The van der Waals surface area contributed by atoms with Gasteiger partial charge in [0.15, 0.2) is 0 Å². The summed E-state index contributed by atoms with van der Waals surface area (Å²) in [6, 6.07) is 4.49. The molecule has 2 nitrogen and oxygen atoms in total. The Labute approximate surface area is 113 Å². The number of rotatable bonds is 0. The van der Waals surface area contributed by atoms with Gasteiger partial charge in [-0.15, -0.1) is 0 Å². The average Bonchev–Trinajstić information content (AvgIpc) is 2.56. The van der Waals surface area contributed by atoms with Crippen LogP contribution in [0.5, 0.6) is 0 Å². The lowest BCUT2D eigenvalue weighted by molar-refractivity contribution is 0.572. The molecule has 3 heteroatoms. The van der Waals surface area contributed by atoms with E-state index in [1.165, 1.54) is 22.7 Å². The predicted molar refractivity (Wildman–Crippen MR) is 81.4 cm³/mol. The molecule has 0 aliphatic heterocycles. The van der Waals surface area contributed by atoms with Crippen molar-refractivity contribution in [2.24, 2.45) is 0 Å². The predicted octanol–water partition coefficient (Wildman–Crippen LogP) is 4.47. The second kappa shape index (κ2) is 3.95. The van der Waals surface area contributed by atoms with Gasteiger partial charge in [0.1, 0.15) is 5.00 Å². The van der Waals surface area contributed by atoms with E-state index in [1.807, 2.05) is 0 Å². The van der Waals surface area contributed by atoms with Crippen molar-refractivity contribution >= 4 is 27.4 Å². The molecule has 0 fully saturated rings. The summed E-state index contributed by atoms with van der Waals surface area (Å²) in [5.41, 5.74) is 9.95. The SMILES string of the molecule is CC(C)(C)c1cc(C(C)(C)C)c2nsc(N)c2c1. The lowest BCUT2D eigenvalue weighted by Gasteiger charge is -2.25.